The summed E-state index contributed by atoms with van der Waals surface area (Å²) >= 11 is 1.22. The van der Waals surface area contributed by atoms with Crippen molar-refractivity contribution in [3.63, 3.8) is 0 Å². The number of fused-ring (bicyclic) bond motifs is 1. The minimum Gasteiger partial charge on any atom is -0.496 e. The number of methoxy groups -OCH3 is 2. The molecule has 0 N–H and O–H groups in total. The number of esters is 1. The largest absolute Gasteiger partial charge is 0.496 e. The molecule has 3 heterocycles. The van der Waals surface area contributed by atoms with Crippen molar-refractivity contribution in [2.45, 2.75) is 13.0 Å². The molecule has 12 heteroatoms. The van der Waals surface area contributed by atoms with Crippen molar-refractivity contribution in [1.82, 2.24) is 9.47 Å². The fraction of sp³-hybridized carbons (Fsp3) is 0.355. The van der Waals surface area contributed by atoms with Gasteiger partial charge in [-0.25, -0.2) is 9.79 Å². The highest BCUT2D eigenvalue weighted by atomic mass is 32.1. The zero-order valence-corrected chi connectivity index (χ0v) is 25.1. The van der Waals surface area contributed by atoms with Crippen molar-refractivity contribution >= 4 is 29.3 Å². The molecule has 226 valence electrons. The van der Waals surface area contributed by atoms with Gasteiger partial charge in [-0.2, -0.15) is 0 Å². The van der Waals surface area contributed by atoms with E-state index in [0.29, 0.717) is 64.0 Å². The molecule has 11 nitrogen and oxygen atoms in total. The number of morpholine rings is 1. The molecule has 1 unspecified atom stereocenters. The molecule has 1 amide bonds. The molecule has 1 saturated heterocycles. The third kappa shape index (κ3) is 6.71. The van der Waals surface area contributed by atoms with Crippen LogP contribution in [0.5, 0.6) is 11.5 Å². The van der Waals surface area contributed by atoms with Gasteiger partial charge in [0.25, 0.3) is 11.5 Å². The first kappa shape index (κ1) is 30.2. The lowest BCUT2D eigenvalue weighted by atomic mass is 9.95. The number of hydrogen-bond donors (Lipinski definition) is 0. The van der Waals surface area contributed by atoms with Crippen molar-refractivity contribution in [3.8, 4) is 11.5 Å². The minimum atomic E-state index is -0.814. The Hall–Kier alpha value is -4.26. The van der Waals surface area contributed by atoms with Crippen LogP contribution in [0.4, 0.5) is 0 Å². The van der Waals surface area contributed by atoms with Gasteiger partial charge in [0.1, 0.15) is 24.1 Å². The summed E-state index contributed by atoms with van der Waals surface area (Å²) in [6.07, 6.45) is 1.75. The molecule has 0 radical (unpaired) electrons. The summed E-state index contributed by atoms with van der Waals surface area (Å²) in [7, 11) is 3.06. The van der Waals surface area contributed by atoms with Crippen molar-refractivity contribution < 1.29 is 33.3 Å². The van der Waals surface area contributed by atoms with Crippen LogP contribution in [-0.4, -0.2) is 81.7 Å². The van der Waals surface area contributed by atoms with Gasteiger partial charge in [-0.05, 0) is 36.8 Å². The first-order valence-electron chi connectivity index (χ1n) is 13.8. The van der Waals surface area contributed by atoms with Gasteiger partial charge in [0.15, 0.2) is 11.4 Å². The highest BCUT2D eigenvalue weighted by Crippen LogP contribution is 2.35. The Bertz CT molecular complexity index is 1700. The number of benzene rings is 2. The Kier molecular flexibility index (Phi) is 9.70. The number of ether oxygens (including phenoxy) is 5. The molecule has 5 rings (SSSR count). The van der Waals surface area contributed by atoms with Gasteiger partial charge >= 0.3 is 5.97 Å². The van der Waals surface area contributed by atoms with Crippen molar-refractivity contribution in [3.05, 3.63) is 90.6 Å². The fourth-order valence-electron chi connectivity index (χ4n) is 4.96. The van der Waals surface area contributed by atoms with Gasteiger partial charge in [0, 0.05) is 25.8 Å². The third-order valence-corrected chi connectivity index (χ3v) is 8.06. The fourth-order valence-corrected chi connectivity index (χ4v) is 6.01. The molecule has 0 spiro atoms. The Morgan fingerprint density at radius 2 is 1.88 bits per heavy atom. The van der Waals surface area contributed by atoms with Crippen LogP contribution in [0.15, 0.2) is 69.6 Å². The predicted molar refractivity (Wildman–Crippen MR) is 159 cm³/mol. The van der Waals surface area contributed by atoms with Crippen molar-refractivity contribution in [2.24, 2.45) is 4.99 Å². The topological polar surface area (TPSA) is 118 Å². The third-order valence-electron chi connectivity index (χ3n) is 7.08. The highest BCUT2D eigenvalue weighted by Gasteiger charge is 2.35. The van der Waals surface area contributed by atoms with E-state index in [2.05, 4.69) is 4.99 Å². The lowest BCUT2D eigenvalue weighted by Gasteiger charge is -2.26. The second-order valence-corrected chi connectivity index (χ2v) is 10.8. The van der Waals surface area contributed by atoms with E-state index in [-0.39, 0.29) is 36.9 Å². The summed E-state index contributed by atoms with van der Waals surface area (Å²) in [5.41, 5.74) is 1.73. The van der Waals surface area contributed by atoms with Crippen LogP contribution in [0.3, 0.4) is 0 Å². The number of hydrogen-bond acceptors (Lipinski definition) is 10. The lowest BCUT2D eigenvalue weighted by molar-refractivity contribution is -0.141. The average Bonchev–Trinajstić information content (AvgIpc) is 3.33. The van der Waals surface area contributed by atoms with Gasteiger partial charge in [-0.3, -0.25) is 14.2 Å². The maximum atomic E-state index is 14.0. The molecule has 1 fully saturated rings. The van der Waals surface area contributed by atoms with Gasteiger partial charge in [0.05, 0.1) is 42.7 Å². The van der Waals surface area contributed by atoms with Gasteiger partial charge in [-0.1, -0.05) is 41.7 Å². The number of allylic oxidation sites excluding steroid dienone is 1. The van der Waals surface area contributed by atoms with Crippen molar-refractivity contribution in [2.75, 3.05) is 60.3 Å². The first-order chi connectivity index (χ1) is 20.9. The summed E-state index contributed by atoms with van der Waals surface area (Å²) in [6, 6.07) is 13.6. The number of rotatable bonds is 10. The number of nitrogens with zero attached hydrogens (tertiary/aromatic N) is 3. The summed E-state index contributed by atoms with van der Waals surface area (Å²) in [5.74, 6) is 0.340. The maximum absolute atomic E-state index is 14.0. The Balaban J connectivity index is 1.49. The molecular weight excluding hydrogens is 574 g/mol. The molecular formula is C31H33N3O8S. The summed E-state index contributed by atoms with van der Waals surface area (Å²) in [6.45, 7) is 4.07. The van der Waals surface area contributed by atoms with Crippen LogP contribution in [-0.2, 0) is 23.8 Å². The van der Waals surface area contributed by atoms with Crippen LogP contribution >= 0.6 is 11.3 Å². The van der Waals surface area contributed by atoms with Crippen LogP contribution in [0.25, 0.3) is 6.08 Å². The van der Waals surface area contributed by atoms with E-state index < -0.39 is 12.0 Å². The average molecular weight is 608 g/mol. The van der Waals surface area contributed by atoms with Crippen LogP contribution in [0.2, 0.25) is 0 Å². The molecule has 1 atom stereocenters. The van der Waals surface area contributed by atoms with E-state index in [4.69, 9.17) is 23.7 Å². The smallest absolute Gasteiger partial charge is 0.338 e. The van der Waals surface area contributed by atoms with Crippen molar-refractivity contribution in [1.29, 1.82) is 0 Å². The lowest BCUT2D eigenvalue weighted by Crippen LogP contribution is -2.42. The maximum Gasteiger partial charge on any atom is 0.338 e. The Labute approximate surface area is 252 Å². The number of carbonyl (C=O) groups is 2. The number of thiazole rings is 1. The Morgan fingerprint density at radius 3 is 2.65 bits per heavy atom. The van der Waals surface area contributed by atoms with E-state index in [1.807, 2.05) is 24.3 Å². The van der Waals surface area contributed by atoms with Gasteiger partial charge in [-0.15, -0.1) is 0 Å². The van der Waals surface area contributed by atoms with E-state index in [1.165, 1.54) is 23.0 Å². The Morgan fingerprint density at radius 1 is 1.09 bits per heavy atom. The first-order valence-corrected chi connectivity index (χ1v) is 14.6. The molecule has 1 aromatic heterocycles. The summed E-state index contributed by atoms with van der Waals surface area (Å²) < 4.78 is 29.1. The molecule has 2 aromatic carbocycles. The summed E-state index contributed by atoms with van der Waals surface area (Å²) in [5, 5.41) is 0. The molecule has 0 aliphatic carbocycles. The minimum absolute atomic E-state index is 0.0611. The van der Waals surface area contributed by atoms with Crippen LogP contribution < -0.4 is 24.4 Å². The predicted octanol–water partition coefficient (Wildman–Crippen LogP) is 1.67. The van der Waals surface area contributed by atoms with Crippen LogP contribution in [0.1, 0.15) is 24.1 Å². The van der Waals surface area contributed by atoms with E-state index >= 15 is 0 Å². The second-order valence-electron chi connectivity index (χ2n) is 9.81. The monoisotopic (exact) mass is 607 g/mol. The number of aromatic nitrogens is 1. The number of carbonyl (C=O) groups excluding carboxylic acids is 2. The molecule has 0 bridgehead atoms. The van der Waals surface area contributed by atoms with Gasteiger partial charge < -0.3 is 28.6 Å². The van der Waals surface area contributed by atoms with E-state index in [0.717, 1.165) is 0 Å². The molecule has 43 heavy (non-hydrogen) atoms. The highest BCUT2D eigenvalue weighted by molar-refractivity contribution is 7.07. The SMILES string of the molecule is COCCOC(=O)C1=C(C)N=c2sc(=Cc3cccc(OCC(=O)N4CCOCC4)c3)c(=O)n2C1c1ccccc1OC. The number of para-hydroxylation sites is 1. The molecule has 2 aliphatic heterocycles. The van der Waals surface area contributed by atoms with Gasteiger partial charge in [0.2, 0.25) is 0 Å². The standard InChI is InChI=1S/C31H33N3O8S/c1-20-27(30(37)41-16-15-38-2)28(23-9-4-5-10-24(23)39-3)34-29(36)25(43-31(34)32-20)18-21-7-6-8-22(17-21)42-19-26(35)33-11-13-40-14-12-33/h4-10,17-18,28H,11-16,19H2,1-3H3. The molecule has 0 saturated carbocycles. The molecule has 2 aliphatic rings. The van der Waals surface area contributed by atoms with E-state index in [9.17, 15) is 14.4 Å². The van der Waals surface area contributed by atoms with Crippen LogP contribution in [0, 0.1) is 0 Å². The molecule has 3 aromatic rings. The number of amides is 1. The zero-order chi connectivity index (χ0) is 30.3. The summed E-state index contributed by atoms with van der Waals surface area (Å²) in [4.78, 5) is 46.6. The normalized spacial score (nSPS) is 16.9. The zero-order valence-electron chi connectivity index (χ0n) is 24.2. The van der Waals surface area contributed by atoms with E-state index in [1.54, 1.807) is 49.3 Å². The second kappa shape index (κ2) is 13.8. The quantitative estimate of drug-likeness (QED) is 0.253.